The molecule has 0 fully saturated rings. The van der Waals surface area contributed by atoms with Gasteiger partial charge in [0, 0.05) is 0 Å². The van der Waals surface area contributed by atoms with Gasteiger partial charge >= 0.3 is 25.8 Å². The van der Waals surface area contributed by atoms with Gasteiger partial charge < -0.3 is 24.8 Å². The zero-order valence-electron chi connectivity index (χ0n) is 18.3. The normalized spacial score (nSPS) is 13.1. The standard InChI is InChI=1S/C17H24P.C9H7.2ClH.Hf/c1-5-13(3)18(14(4)6-2)17-11-15-9-7-8-10-16(15)12-17;1-2-5-9-7-3-6-8(9)4-1;;;/h7-14H,5-6H2,1-4H3;1-7H;2*1H;/q2*-1;;;+4/p-2. The summed E-state index contributed by atoms with van der Waals surface area (Å²) in [5, 5.41) is 7.09. The predicted octanol–water partition coefficient (Wildman–Crippen LogP) is 1.83. The SMILES string of the molecule is CCC(C)P(c1cc2ccccc2[cH-]1)C(C)CC.[Cl-].[Cl-].[Hf+4].c1ccc2[cH-]ccc2c1. The van der Waals surface area contributed by atoms with Crippen LogP contribution >= 0.6 is 7.92 Å². The monoisotopic (exact) mass is 624 g/mol. The van der Waals surface area contributed by atoms with Gasteiger partial charge in [-0.2, -0.15) is 23.6 Å². The van der Waals surface area contributed by atoms with Gasteiger partial charge in [-0.05, 0) is 24.2 Å². The van der Waals surface area contributed by atoms with Crippen molar-refractivity contribution in [3.8, 4) is 0 Å². The second kappa shape index (κ2) is 14.6. The van der Waals surface area contributed by atoms with Gasteiger partial charge in [0.15, 0.2) is 0 Å². The van der Waals surface area contributed by atoms with Crippen LogP contribution in [0, 0.1) is 0 Å². The van der Waals surface area contributed by atoms with Gasteiger partial charge in [0.25, 0.3) is 0 Å². The van der Waals surface area contributed by atoms with Crippen LogP contribution in [0.3, 0.4) is 0 Å². The molecule has 0 bridgehead atoms. The molecule has 4 heteroatoms. The third kappa shape index (κ3) is 7.30. The molecule has 2 atom stereocenters. The first-order chi connectivity index (χ1) is 13.1. The Balaban J connectivity index is 0.000000597. The minimum absolute atomic E-state index is 0. The minimum atomic E-state index is -0.0252. The van der Waals surface area contributed by atoms with E-state index in [9.17, 15) is 0 Å². The molecule has 0 aliphatic carbocycles. The van der Waals surface area contributed by atoms with E-state index in [0.29, 0.717) is 0 Å². The molecule has 4 rings (SSSR count). The van der Waals surface area contributed by atoms with Crippen LogP contribution < -0.4 is 30.1 Å². The number of hydrogen-bond donors (Lipinski definition) is 0. The Labute approximate surface area is 214 Å². The fourth-order valence-corrected chi connectivity index (χ4v) is 6.94. The van der Waals surface area contributed by atoms with Crippen molar-refractivity contribution < 1.29 is 50.7 Å². The third-order valence-electron chi connectivity index (χ3n) is 5.58. The maximum atomic E-state index is 2.43. The van der Waals surface area contributed by atoms with Crippen molar-refractivity contribution in [2.75, 3.05) is 0 Å². The van der Waals surface area contributed by atoms with E-state index in [2.05, 4.69) is 107 Å². The average molecular weight is 624 g/mol. The molecule has 0 heterocycles. The molecule has 0 nitrogen and oxygen atoms in total. The van der Waals surface area contributed by atoms with E-state index in [0.717, 1.165) is 11.3 Å². The van der Waals surface area contributed by atoms with Gasteiger partial charge in [-0.25, -0.2) is 0 Å². The Morgan fingerprint density at radius 2 is 1.30 bits per heavy atom. The van der Waals surface area contributed by atoms with Crippen LogP contribution in [0.5, 0.6) is 0 Å². The maximum absolute atomic E-state index is 2.43. The van der Waals surface area contributed by atoms with Gasteiger partial charge in [0.05, 0.1) is 0 Å². The Morgan fingerprint density at radius 1 is 0.767 bits per heavy atom. The number of halogens is 2. The van der Waals surface area contributed by atoms with Crippen LogP contribution in [0.2, 0.25) is 0 Å². The number of hydrogen-bond acceptors (Lipinski definition) is 0. The number of rotatable bonds is 5. The van der Waals surface area contributed by atoms with E-state index >= 15 is 0 Å². The van der Waals surface area contributed by atoms with Crippen molar-refractivity contribution in [2.45, 2.75) is 51.9 Å². The van der Waals surface area contributed by atoms with Crippen molar-refractivity contribution in [2.24, 2.45) is 0 Å². The molecule has 0 spiro atoms. The first-order valence-electron chi connectivity index (χ1n) is 10.2. The van der Waals surface area contributed by atoms with Gasteiger partial charge in [0.1, 0.15) is 0 Å². The molecule has 0 saturated heterocycles. The molecule has 0 amide bonds. The van der Waals surface area contributed by atoms with E-state index in [1.165, 1.54) is 34.4 Å². The summed E-state index contributed by atoms with van der Waals surface area (Å²) in [6.45, 7) is 9.50. The second-order valence-electron chi connectivity index (χ2n) is 7.42. The van der Waals surface area contributed by atoms with Crippen LogP contribution in [0.1, 0.15) is 40.5 Å². The largest absolute Gasteiger partial charge is 4.00 e. The van der Waals surface area contributed by atoms with Gasteiger partial charge in [-0.15, -0.1) is 70.0 Å². The van der Waals surface area contributed by atoms with Crippen LogP contribution in [-0.4, -0.2) is 11.3 Å². The van der Waals surface area contributed by atoms with Gasteiger partial charge in [0.2, 0.25) is 0 Å². The van der Waals surface area contributed by atoms with Crippen molar-refractivity contribution in [3.63, 3.8) is 0 Å². The quantitative estimate of drug-likeness (QED) is 0.181. The molecular formula is C26H31Cl2HfP. The molecule has 30 heavy (non-hydrogen) atoms. The molecule has 0 N–H and O–H groups in total. The number of fused-ring (bicyclic) bond motifs is 2. The summed E-state index contributed by atoms with van der Waals surface area (Å²) in [5.74, 6) is 0. The first-order valence-corrected chi connectivity index (χ1v) is 11.7. The van der Waals surface area contributed by atoms with E-state index in [-0.39, 0.29) is 58.6 Å². The Kier molecular flexibility index (Phi) is 14.4. The van der Waals surface area contributed by atoms with Crippen LogP contribution in [0.15, 0.2) is 78.9 Å². The summed E-state index contributed by atoms with van der Waals surface area (Å²) in [5.41, 5.74) is 1.65. The summed E-state index contributed by atoms with van der Waals surface area (Å²) in [6.07, 6.45) is 2.58. The summed E-state index contributed by atoms with van der Waals surface area (Å²) in [4.78, 5) is 0. The molecule has 0 radical (unpaired) electrons. The molecule has 158 valence electrons. The molecule has 4 aromatic carbocycles. The Morgan fingerprint density at radius 3 is 1.83 bits per heavy atom. The molecule has 0 aliphatic heterocycles. The van der Waals surface area contributed by atoms with Crippen molar-refractivity contribution in [1.29, 1.82) is 0 Å². The molecule has 0 saturated carbocycles. The zero-order valence-corrected chi connectivity index (χ0v) is 24.3. The molecule has 4 aromatic rings. The Hall–Kier alpha value is -0.460. The Bertz CT molecular complexity index is 902. The molecule has 0 aliphatic rings. The molecular weight excluding hydrogens is 593 g/mol. The van der Waals surface area contributed by atoms with Crippen LogP contribution in [0.4, 0.5) is 0 Å². The van der Waals surface area contributed by atoms with E-state index in [4.69, 9.17) is 0 Å². The van der Waals surface area contributed by atoms with E-state index < -0.39 is 0 Å². The second-order valence-corrected chi connectivity index (χ2v) is 10.5. The van der Waals surface area contributed by atoms with Crippen LogP contribution in [-0.2, 0) is 25.8 Å². The topological polar surface area (TPSA) is 0 Å². The van der Waals surface area contributed by atoms with E-state index in [1.807, 2.05) is 0 Å². The molecule has 0 aromatic heterocycles. The average Bonchev–Trinajstić information content (AvgIpc) is 3.34. The van der Waals surface area contributed by atoms with E-state index in [1.54, 1.807) is 5.30 Å². The maximum Gasteiger partial charge on any atom is 4.00 e. The summed E-state index contributed by atoms with van der Waals surface area (Å²) < 4.78 is 0. The summed E-state index contributed by atoms with van der Waals surface area (Å²) in [6, 6.07) is 28.3. The fraction of sp³-hybridized carbons (Fsp3) is 0.308. The predicted molar refractivity (Wildman–Crippen MR) is 125 cm³/mol. The van der Waals surface area contributed by atoms with Crippen LogP contribution in [0.25, 0.3) is 21.5 Å². The zero-order chi connectivity index (χ0) is 19.2. The third-order valence-corrected chi connectivity index (χ3v) is 9.06. The summed E-state index contributed by atoms with van der Waals surface area (Å²) in [7, 11) is -0.0252. The first kappa shape index (κ1) is 29.5. The van der Waals surface area contributed by atoms with Crippen molar-refractivity contribution >= 4 is 34.8 Å². The summed E-state index contributed by atoms with van der Waals surface area (Å²) >= 11 is 0. The molecule has 2 unspecified atom stereocenters. The minimum Gasteiger partial charge on any atom is -1.00 e. The smallest absolute Gasteiger partial charge is 1.00 e. The van der Waals surface area contributed by atoms with Gasteiger partial charge in [-0.3, -0.25) is 0 Å². The number of benzene rings is 2. The fourth-order valence-electron chi connectivity index (χ4n) is 3.69. The van der Waals surface area contributed by atoms with Crippen molar-refractivity contribution in [1.82, 2.24) is 0 Å². The van der Waals surface area contributed by atoms with Gasteiger partial charge in [-0.1, -0.05) is 47.7 Å². The van der Waals surface area contributed by atoms with Crippen molar-refractivity contribution in [3.05, 3.63) is 78.9 Å².